The van der Waals surface area contributed by atoms with Gasteiger partial charge in [-0.15, -0.1) is 10.2 Å². The molecule has 0 radical (unpaired) electrons. The van der Waals surface area contributed by atoms with Crippen molar-refractivity contribution >= 4 is 11.6 Å². The van der Waals surface area contributed by atoms with Crippen LogP contribution in [-0.4, -0.2) is 34.6 Å². The van der Waals surface area contributed by atoms with Gasteiger partial charge >= 0.3 is 6.18 Å². The van der Waals surface area contributed by atoms with Crippen molar-refractivity contribution in [1.82, 2.24) is 15.1 Å². The van der Waals surface area contributed by atoms with Crippen LogP contribution in [0, 0.1) is 0 Å². The summed E-state index contributed by atoms with van der Waals surface area (Å²) in [7, 11) is 1.63. The third kappa shape index (κ3) is 4.95. The first kappa shape index (κ1) is 19.6. The number of carbonyl (C=O) groups excluding carboxylic acids is 1. The Hall–Kier alpha value is -3.20. The SMILES string of the molecule is CN(CC(=O)Nc1ccccc1C(F)(F)F)Cc1nnc(-c2ccccc2)o1. The molecule has 3 rings (SSSR count). The predicted octanol–water partition coefficient (Wildman–Crippen LogP) is 3.83. The first-order valence-corrected chi connectivity index (χ1v) is 8.35. The van der Waals surface area contributed by atoms with E-state index in [9.17, 15) is 18.0 Å². The van der Waals surface area contributed by atoms with Crippen molar-refractivity contribution in [2.75, 3.05) is 18.9 Å². The van der Waals surface area contributed by atoms with Gasteiger partial charge < -0.3 is 9.73 Å². The molecule has 0 bridgehead atoms. The minimum atomic E-state index is -4.55. The van der Waals surface area contributed by atoms with E-state index in [4.69, 9.17) is 4.42 Å². The lowest BCUT2D eigenvalue weighted by Crippen LogP contribution is -2.30. The van der Waals surface area contributed by atoms with E-state index >= 15 is 0 Å². The zero-order valence-electron chi connectivity index (χ0n) is 14.9. The second-order valence-electron chi connectivity index (χ2n) is 6.13. The van der Waals surface area contributed by atoms with Crippen LogP contribution in [0.4, 0.5) is 18.9 Å². The fraction of sp³-hybridized carbons (Fsp3) is 0.211. The molecule has 3 aromatic rings. The molecule has 9 heteroatoms. The molecule has 0 atom stereocenters. The van der Waals surface area contributed by atoms with Gasteiger partial charge in [0.15, 0.2) is 0 Å². The highest BCUT2D eigenvalue weighted by Crippen LogP contribution is 2.34. The number of para-hydroxylation sites is 1. The maximum Gasteiger partial charge on any atom is 0.418 e. The first-order valence-electron chi connectivity index (χ1n) is 8.35. The molecular formula is C19H17F3N4O2. The third-order valence-corrected chi connectivity index (χ3v) is 3.81. The smallest absolute Gasteiger partial charge is 0.418 e. The highest BCUT2D eigenvalue weighted by molar-refractivity contribution is 5.93. The van der Waals surface area contributed by atoms with Crippen molar-refractivity contribution in [2.45, 2.75) is 12.7 Å². The van der Waals surface area contributed by atoms with Gasteiger partial charge in [0, 0.05) is 5.56 Å². The largest absolute Gasteiger partial charge is 0.419 e. The van der Waals surface area contributed by atoms with Crippen LogP contribution in [0.1, 0.15) is 11.5 Å². The lowest BCUT2D eigenvalue weighted by atomic mass is 10.1. The Morgan fingerprint density at radius 3 is 2.46 bits per heavy atom. The molecule has 1 heterocycles. The molecule has 28 heavy (non-hydrogen) atoms. The van der Waals surface area contributed by atoms with Crippen molar-refractivity contribution in [1.29, 1.82) is 0 Å². The van der Waals surface area contributed by atoms with Gasteiger partial charge in [0.2, 0.25) is 17.7 Å². The van der Waals surface area contributed by atoms with Crippen LogP contribution in [0.25, 0.3) is 11.5 Å². The summed E-state index contributed by atoms with van der Waals surface area (Å²) < 4.78 is 44.6. The van der Waals surface area contributed by atoms with Crippen LogP contribution < -0.4 is 5.32 Å². The number of benzene rings is 2. The number of nitrogens with zero attached hydrogens (tertiary/aromatic N) is 3. The van der Waals surface area contributed by atoms with Crippen LogP contribution in [0.15, 0.2) is 59.0 Å². The van der Waals surface area contributed by atoms with E-state index in [1.165, 1.54) is 18.2 Å². The first-order chi connectivity index (χ1) is 13.3. The second kappa shape index (κ2) is 8.22. The quantitative estimate of drug-likeness (QED) is 0.693. The maximum absolute atomic E-state index is 13.0. The summed E-state index contributed by atoms with van der Waals surface area (Å²) in [6, 6.07) is 14.0. The Labute approximate surface area is 159 Å². The standard InChI is InChI=1S/C19H17F3N4O2/c1-26(12-17-24-25-18(28-17)13-7-3-2-4-8-13)11-16(27)23-15-10-6-5-9-14(15)19(20,21)22/h2-10H,11-12H2,1H3,(H,23,27). The molecule has 1 amide bonds. The molecular weight excluding hydrogens is 373 g/mol. The van der Waals surface area contributed by atoms with Gasteiger partial charge in [0.25, 0.3) is 0 Å². The average Bonchev–Trinajstić information content (AvgIpc) is 3.10. The van der Waals surface area contributed by atoms with Crippen molar-refractivity contribution in [3.8, 4) is 11.5 Å². The summed E-state index contributed by atoms with van der Waals surface area (Å²) in [4.78, 5) is 13.7. The number of nitrogens with one attached hydrogen (secondary N) is 1. The Balaban J connectivity index is 1.59. The Kier molecular flexibility index (Phi) is 5.74. The van der Waals surface area contributed by atoms with Crippen LogP contribution in [-0.2, 0) is 17.5 Å². The molecule has 2 aromatic carbocycles. The number of alkyl halides is 3. The molecule has 0 fully saturated rings. The lowest BCUT2D eigenvalue weighted by molar-refractivity contribution is -0.137. The highest BCUT2D eigenvalue weighted by Gasteiger charge is 2.33. The minimum Gasteiger partial charge on any atom is -0.419 e. The molecule has 1 N–H and O–H groups in total. The summed E-state index contributed by atoms with van der Waals surface area (Å²) in [5.41, 5.74) is -0.404. The summed E-state index contributed by atoms with van der Waals surface area (Å²) in [6.45, 7) is 0.0312. The molecule has 0 saturated carbocycles. The molecule has 1 aromatic heterocycles. The van der Waals surface area contributed by atoms with Crippen molar-refractivity contribution in [3.05, 3.63) is 66.1 Å². The van der Waals surface area contributed by atoms with Gasteiger partial charge in [0.1, 0.15) is 0 Å². The molecule has 6 nitrogen and oxygen atoms in total. The molecule has 0 saturated heterocycles. The van der Waals surface area contributed by atoms with Crippen molar-refractivity contribution in [3.63, 3.8) is 0 Å². The molecule has 0 spiro atoms. The van der Waals surface area contributed by atoms with E-state index in [0.29, 0.717) is 11.8 Å². The number of carbonyl (C=O) groups is 1. The Morgan fingerprint density at radius 1 is 1.07 bits per heavy atom. The van der Waals surface area contributed by atoms with E-state index in [2.05, 4.69) is 15.5 Å². The molecule has 146 valence electrons. The molecule has 0 unspecified atom stereocenters. The highest BCUT2D eigenvalue weighted by atomic mass is 19.4. The lowest BCUT2D eigenvalue weighted by Gasteiger charge is -2.16. The average molecular weight is 390 g/mol. The number of likely N-dealkylation sites (N-methyl/N-ethyl adjacent to an activating group) is 1. The summed E-state index contributed by atoms with van der Waals surface area (Å²) >= 11 is 0. The topological polar surface area (TPSA) is 71.3 Å². The van der Waals surface area contributed by atoms with Crippen LogP contribution in [0.2, 0.25) is 0 Å². The van der Waals surface area contributed by atoms with Crippen molar-refractivity contribution in [2.24, 2.45) is 0 Å². The van der Waals surface area contributed by atoms with E-state index in [1.54, 1.807) is 11.9 Å². The number of aromatic nitrogens is 2. The number of amides is 1. The summed E-state index contributed by atoms with van der Waals surface area (Å²) in [5.74, 6) is 0.0689. The van der Waals surface area contributed by atoms with Gasteiger partial charge in [-0.1, -0.05) is 30.3 Å². The number of hydrogen-bond donors (Lipinski definition) is 1. The number of anilines is 1. The van der Waals surface area contributed by atoms with Gasteiger partial charge in [-0.2, -0.15) is 13.2 Å². The van der Waals surface area contributed by atoms with Crippen LogP contribution in [0.3, 0.4) is 0 Å². The number of halogens is 3. The van der Waals surface area contributed by atoms with Crippen LogP contribution >= 0.6 is 0 Å². The van der Waals surface area contributed by atoms with Gasteiger partial charge in [-0.25, -0.2) is 0 Å². The second-order valence-corrected chi connectivity index (χ2v) is 6.13. The van der Waals surface area contributed by atoms with E-state index in [-0.39, 0.29) is 18.8 Å². The van der Waals surface area contributed by atoms with Gasteiger partial charge in [-0.3, -0.25) is 9.69 Å². The maximum atomic E-state index is 13.0. The Morgan fingerprint density at radius 2 is 1.75 bits per heavy atom. The minimum absolute atomic E-state index is 0.144. The van der Waals surface area contributed by atoms with Crippen LogP contribution in [0.5, 0.6) is 0 Å². The zero-order valence-corrected chi connectivity index (χ0v) is 14.9. The van der Waals surface area contributed by atoms with E-state index in [0.717, 1.165) is 11.6 Å². The zero-order chi connectivity index (χ0) is 20.1. The predicted molar refractivity (Wildman–Crippen MR) is 96.1 cm³/mol. The van der Waals surface area contributed by atoms with E-state index < -0.39 is 17.6 Å². The number of hydrogen-bond acceptors (Lipinski definition) is 5. The van der Waals surface area contributed by atoms with Gasteiger partial charge in [0.05, 0.1) is 24.3 Å². The number of rotatable bonds is 6. The summed E-state index contributed by atoms with van der Waals surface area (Å²) in [5, 5.41) is 10.2. The van der Waals surface area contributed by atoms with Crippen molar-refractivity contribution < 1.29 is 22.4 Å². The van der Waals surface area contributed by atoms with Gasteiger partial charge in [-0.05, 0) is 31.3 Å². The fourth-order valence-electron chi connectivity index (χ4n) is 2.58. The molecule has 0 aliphatic carbocycles. The normalized spacial score (nSPS) is 11.6. The fourth-order valence-corrected chi connectivity index (χ4v) is 2.58. The third-order valence-electron chi connectivity index (χ3n) is 3.81. The van der Waals surface area contributed by atoms with E-state index in [1.807, 2.05) is 30.3 Å². The summed E-state index contributed by atoms with van der Waals surface area (Å²) in [6.07, 6.45) is -4.55. The molecule has 0 aliphatic heterocycles. The molecule has 0 aliphatic rings. The Bertz CT molecular complexity index is 942. The monoisotopic (exact) mass is 390 g/mol.